The molecule has 0 radical (unpaired) electrons. The fourth-order valence-electron chi connectivity index (χ4n) is 5.74. The molecule has 2 atom stereocenters. The minimum Gasteiger partial charge on any atom is -0.495 e. The van der Waals surface area contributed by atoms with Gasteiger partial charge in [0.05, 0.1) is 72.8 Å². The summed E-state index contributed by atoms with van der Waals surface area (Å²) in [7, 11) is 3.02. The van der Waals surface area contributed by atoms with Gasteiger partial charge >= 0.3 is 0 Å². The van der Waals surface area contributed by atoms with Crippen LogP contribution < -0.4 is 15.0 Å². The predicted molar refractivity (Wildman–Crippen MR) is 159 cm³/mol. The zero-order valence-electron chi connectivity index (χ0n) is 23.1. The molecule has 41 heavy (non-hydrogen) atoms. The van der Waals surface area contributed by atoms with Crippen molar-refractivity contribution in [3.8, 4) is 22.6 Å². The number of benzene rings is 1. The van der Waals surface area contributed by atoms with Gasteiger partial charge in [-0.15, -0.1) is 0 Å². The van der Waals surface area contributed by atoms with Crippen LogP contribution in [0.2, 0.25) is 10.0 Å². The quantitative estimate of drug-likeness (QED) is 0.382. The van der Waals surface area contributed by atoms with Crippen molar-refractivity contribution in [2.24, 2.45) is 5.10 Å². The molecule has 10 nitrogen and oxygen atoms in total. The molecule has 0 spiro atoms. The van der Waals surface area contributed by atoms with Crippen molar-refractivity contribution < 1.29 is 18.9 Å². The average Bonchev–Trinajstić information content (AvgIpc) is 3.70. The Bertz CT molecular complexity index is 1490. The van der Waals surface area contributed by atoms with Crippen LogP contribution in [0.3, 0.4) is 0 Å². The van der Waals surface area contributed by atoms with Gasteiger partial charge in [-0.05, 0) is 18.6 Å². The molecule has 0 amide bonds. The lowest BCUT2D eigenvalue weighted by molar-refractivity contribution is 0.0339. The molecule has 0 aliphatic carbocycles. The fourth-order valence-corrected chi connectivity index (χ4v) is 6.44. The lowest BCUT2D eigenvalue weighted by Gasteiger charge is -2.28. The molecule has 3 aliphatic heterocycles. The summed E-state index contributed by atoms with van der Waals surface area (Å²) in [4.78, 5) is 21.4. The van der Waals surface area contributed by atoms with Crippen LogP contribution in [0.4, 0.5) is 0 Å². The second-order valence-corrected chi connectivity index (χ2v) is 11.2. The molecule has 5 heterocycles. The van der Waals surface area contributed by atoms with Crippen LogP contribution in [0, 0.1) is 0 Å². The summed E-state index contributed by atoms with van der Waals surface area (Å²) in [6, 6.07) is 5.28. The van der Waals surface area contributed by atoms with Crippen molar-refractivity contribution in [1.82, 2.24) is 19.5 Å². The van der Waals surface area contributed by atoms with Gasteiger partial charge in [0.15, 0.2) is 0 Å². The van der Waals surface area contributed by atoms with Crippen molar-refractivity contribution in [2.75, 3.05) is 73.4 Å². The highest BCUT2D eigenvalue weighted by Crippen LogP contribution is 2.45. The number of hydrogen-bond acceptors (Lipinski definition) is 9. The highest BCUT2D eigenvalue weighted by atomic mass is 35.5. The number of nitrogens with zero attached hydrogens (tertiary/aromatic N) is 5. The first-order chi connectivity index (χ1) is 20.0. The van der Waals surface area contributed by atoms with Crippen LogP contribution in [0.5, 0.6) is 11.5 Å². The molecular formula is C29H33Cl2N5O5. The van der Waals surface area contributed by atoms with Gasteiger partial charge in [-0.25, -0.2) is 0 Å². The maximum absolute atomic E-state index is 14.2. The molecule has 2 aromatic heterocycles. The predicted octanol–water partition coefficient (Wildman–Crippen LogP) is 4.07. The highest BCUT2D eigenvalue weighted by Gasteiger charge is 2.28. The SMILES string of the molecule is COc1cc(OC)c(Cl)c(-c2cc3cnc(C4C=NN(CCN5CCOCC5)C4)cc3n(C3CCOC3)c2=O)c1Cl. The van der Waals surface area contributed by atoms with E-state index in [0.29, 0.717) is 35.8 Å². The van der Waals surface area contributed by atoms with E-state index in [9.17, 15) is 4.79 Å². The first kappa shape index (κ1) is 28.2. The summed E-state index contributed by atoms with van der Waals surface area (Å²) in [6.45, 7) is 7.04. The monoisotopic (exact) mass is 601 g/mol. The number of rotatable bonds is 8. The van der Waals surface area contributed by atoms with E-state index < -0.39 is 0 Å². The van der Waals surface area contributed by atoms with Crippen molar-refractivity contribution in [3.05, 3.63) is 50.5 Å². The number of hydrazone groups is 1. The minimum atomic E-state index is -0.212. The van der Waals surface area contributed by atoms with Gasteiger partial charge < -0.3 is 23.5 Å². The maximum Gasteiger partial charge on any atom is 0.259 e. The molecule has 2 unspecified atom stereocenters. The number of aromatic nitrogens is 2. The molecule has 2 fully saturated rings. The van der Waals surface area contributed by atoms with Crippen molar-refractivity contribution in [3.63, 3.8) is 0 Å². The Morgan fingerprint density at radius 3 is 2.44 bits per heavy atom. The topological polar surface area (TPSA) is 90.7 Å². The third-order valence-electron chi connectivity index (χ3n) is 8.03. The molecule has 218 valence electrons. The summed E-state index contributed by atoms with van der Waals surface area (Å²) in [5, 5.41) is 8.02. The highest BCUT2D eigenvalue weighted by molar-refractivity contribution is 6.41. The Labute approximate surface area is 248 Å². The third-order valence-corrected chi connectivity index (χ3v) is 8.78. The number of pyridine rings is 2. The van der Waals surface area contributed by atoms with Gasteiger partial charge in [-0.3, -0.25) is 19.7 Å². The number of fused-ring (bicyclic) bond motifs is 1. The van der Waals surface area contributed by atoms with Crippen LogP contribution in [-0.4, -0.2) is 99.0 Å². The molecule has 0 saturated carbocycles. The van der Waals surface area contributed by atoms with Gasteiger partial charge in [0.2, 0.25) is 0 Å². The zero-order chi connectivity index (χ0) is 28.5. The number of methoxy groups -OCH3 is 2. The van der Waals surface area contributed by atoms with Gasteiger partial charge in [0.1, 0.15) is 11.5 Å². The van der Waals surface area contributed by atoms with E-state index in [1.807, 2.05) is 23.0 Å². The van der Waals surface area contributed by atoms with E-state index in [4.69, 9.17) is 47.1 Å². The second-order valence-electron chi connectivity index (χ2n) is 10.4. The number of hydrogen-bond donors (Lipinski definition) is 0. The Morgan fingerprint density at radius 2 is 1.76 bits per heavy atom. The van der Waals surface area contributed by atoms with Crippen LogP contribution in [0.15, 0.2) is 34.3 Å². The molecule has 2 saturated heterocycles. The summed E-state index contributed by atoms with van der Waals surface area (Å²) < 4.78 is 23.9. The van der Waals surface area contributed by atoms with Gasteiger partial charge in [-0.1, -0.05) is 23.2 Å². The van der Waals surface area contributed by atoms with E-state index in [0.717, 1.165) is 69.0 Å². The summed E-state index contributed by atoms with van der Waals surface area (Å²) in [5.74, 6) is 0.759. The van der Waals surface area contributed by atoms with Gasteiger partial charge in [-0.2, -0.15) is 5.10 Å². The number of halogens is 2. The molecular weight excluding hydrogens is 569 g/mol. The number of ether oxygens (including phenoxy) is 4. The smallest absolute Gasteiger partial charge is 0.259 e. The van der Waals surface area contributed by atoms with E-state index in [2.05, 4.69) is 15.0 Å². The Balaban J connectivity index is 1.37. The van der Waals surface area contributed by atoms with E-state index in [-0.39, 0.29) is 27.6 Å². The van der Waals surface area contributed by atoms with E-state index in [1.54, 1.807) is 12.1 Å². The standard InChI is InChI=1S/C29H33Cl2N5O5/c1-38-24-13-25(39-2)28(31)26(27(24)30)21-11-18-14-32-22(12-23(18)36(29(21)37)20-3-8-41-17-20)19-15-33-35(16-19)5-4-34-6-9-40-10-7-34/h11-15,19-20H,3-10,16-17H2,1-2H3. The second kappa shape index (κ2) is 12.1. The normalized spacial score (nSPS) is 21.2. The fraction of sp³-hybridized carbons (Fsp3) is 0.483. The van der Waals surface area contributed by atoms with Crippen molar-refractivity contribution in [1.29, 1.82) is 0 Å². The lowest BCUT2D eigenvalue weighted by atomic mass is 10.0. The molecule has 6 rings (SSSR count). The largest absolute Gasteiger partial charge is 0.495 e. The van der Waals surface area contributed by atoms with Crippen LogP contribution >= 0.6 is 23.2 Å². The van der Waals surface area contributed by atoms with Crippen LogP contribution in [0.25, 0.3) is 22.0 Å². The molecule has 3 aliphatic rings. The summed E-state index contributed by atoms with van der Waals surface area (Å²) >= 11 is 13.5. The summed E-state index contributed by atoms with van der Waals surface area (Å²) in [6.07, 6.45) is 4.48. The summed E-state index contributed by atoms with van der Waals surface area (Å²) in [5.41, 5.74) is 2.17. The zero-order valence-corrected chi connectivity index (χ0v) is 24.7. The van der Waals surface area contributed by atoms with Crippen LogP contribution in [0.1, 0.15) is 24.1 Å². The molecule has 1 aromatic carbocycles. The van der Waals surface area contributed by atoms with Gasteiger partial charge in [0, 0.05) is 68.8 Å². The van der Waals surface area contributed by atoms with E-state index in [1.165, 1.54) is 14.2 Å². The number of morpholine rings is 1. The third kappa shape index (κ3) is 5.51. The Kier molecular flexibility index (Phi) is 8.37. The molecule has 3 aromatic rings. The lowest BCUT2D eigenvalue weighted by Crippen LogP contribution is -2.40. The first-order valence-corrected chi connectivity index (χ1v) is 14.6. The Hall–Kier alpha value is -2.89. The van der Waals surface area contributed by atoms with Crippen molar-refractivity contribution >= 4 is 40.3 Å². The first-order valence-electron chi connectivity index (χ1n) is 13.8. The maximum atomic E-state index is 14.2. The van der Waals surface area contributed by atoms with E-state index >= 15 is 0 Å². The van der Waals surface area contributed by atoms with Crippen molar-refractivity contribution in [2.45, 2.75) is 18.4 Å². The average molecular weight is 603 g/mol. The molecule has 12 heteroatoms. The Morgan fingerprint density at radius 1 is 1.00 bits per heavy atom. The molecule has 0 N–H and O–H groups in total. The molecule has 0 bridgehead atoms. The van der Waals surface area contributed by atoms with Crippen LogP contribution in [-0.2, 0) is 9.47 Å². The minimum absolute atomic E-state index is 0.0266. The van der Waals surface area contributed by atoms with Gasteiger partial charge in [0.25, 0.3) is 5.56 Å².